The average molecular weight is 359 g/mol. The van der Waals surface area contributed by atoms with E-state index in [1.54, 1.807) is 12.3 Å². The minimum Gasteiger partial charge on any atom is -0.396 e. The van der Waals surface area contributed by atoms with Crippen molar-refractivity contribution in [1.82, 2.24) is 14.8 Å². The molecule has 3 aliphatic rings. The number of nitrogens with zero attached hydrogens (tertiary/aromatic N) is 3. The summed E-state index contributed by atoms with van der Waals surface area (Å²) in [5.74, 6) is 1.17. The molecule has 0 radical (unpaired) electrons. The fourth-order valence-electron chi connectivity index (χ4n) is 3.73. The molecule has 1 atom stereocenters. The molecular weight excluding hydrogens is 334 g/mol. The van der Waals surface area contributed by atoms with E-state index in [2.05, 4.69) is 20.5 Å². The van der Waals surface area contributed by atoms with E-state index in [4.69, 9.17) is 0 Å². The number of fused-ring (bicyclic) bond motifs is 1. The molecule has 3 heterocycles. The van der Waals surface area contributed by atoms with E-state index in [9.17, 15) is 14.7 Å². The predicted octanol–water partition coefficient (Wildman–Crippen LogP) is 0.364. The summed E-state index contributed by atoms with van der Waals surface area (Å²) < 4.78 is 0. The molecule has 8 nitrogen and oxygen atoms in total. The number of amides is 2. The standard InChI is InChI=1S/C18H25N5O3/c24-6-3-14-11-23(5-4-22(14)10-12-1-2-12)18(26)13-7-15-17(19-8-13)20-9-16(25)21-15/h7-8,12,14,24H,1-6,9-11H2,(H,19,20)(H,21,25). The van der Waals surface area contributed by atoms with E-state index in [0.29, 0.717) is 36.6 Å². The van der Waals surface area contributed by atoms with Gasteiger partial charge in [-0.1, -0.05) is 0 Å². The number of carbonyl (C=O) groups is 2. The van der Waals surface area contributed by atoms with Crippen LogP contribution in [0.3, 0.4) is 0 Å². The maximum absolute atomic E-state index is 12.9. The molecule has 1 unspecified atom stereocenters. The number of aliphatic hydroxyl groups is 1. The molecule has 1 aromatic heterocycles. The van der Waals surface area contributed by atoms with Crippen LogP contribution in [-0.4, -0.2) is 77.1 Å². The summed E-state index contributed by atoms with van der Waals surface area (Å²) in [5.41, 5.74) is 1.03. The molecule has 0 aromatic carbocycles. The predicted molar refractivity (Wildman–Crippen MR) is 97.0 cm³/mol. The van der Waals surface area contributed by atoms with Crippen LogP contribution in [0.5, 0.6) is 0 Å². The Labute approximate surface area is 152 Å². The van der Waals surface area contributed by atoms with Gasteiger partial charge in [0.15, 0.2) is 0 Å². The van der Waals surface area contributed by atoms with Crippen LogP contribution in [0.1, 0.15) is 29.6 Å². The lowest BCUT2D eigenvalue weighted by atomic mass is 10.1. The summed E-state index contributed by atoms with van der Waals surface area (Å²) in [5, 5.41) is 15.1. The zero-order valence-electron chi connectivity index (χ0n) is 14.8. The molecule has 0 spiro atoms. The van der Waals surface area contributed by atoms with Gasteiger partial charge in [0.1, 0.15) is 5.82 Å². The van der Waals surface area contributed by atoms with Crippen LogP contribution in [0.25, 0.3) is 0 Å². The van der Waals surface area contributed by atoms with E-state index in [1.165, 1.54) is 12.8 Å². The molecule has 3 N–H and O–H groups in total. The highest BCUT2D eigenvalue weighted by Crippen LogP contribution is 2.31. The van der Waals surface area contributed by atoms with Crippen LogP contribution in [0.15, 0.2) is 12.3 Å². The van der Waals surface area contributed by atoms with Crippen molar-refractivity contribution in [2.24, 2.45) is 5.92 Å². The van der Waals surface area contributed by atoms with Crippen LogP contribution < -0.4 is 10.6 Å². The molecule has 1 saturated carbocycles. The summed E-state index contributed by atoms with van der Waals surface area (Å²) in [6.45, 7) is 3.53. The highest BCUT2D eigenvalue weighted by molar-refractivity contribution is 6.02. The van der Waals surface area contributed by atoms with Crippen LogP contribution in [-0.2, 0) is 4.79 Å². The SMILES string of the molecule is O=C1CNc2ncc(C(=O)N3CCN(CC4CC4)C(CCO)C3)cc2N1. The summed E-state index contributed by atoms with van der Waals surface area (Å²) >= 11 is 0. The third-order valence-electron chi connectivity index (χ3n) is 5.37. The number of piperazine rings is 1. The van der Waals surface area contributed by atoms with Crippen LogP contribution in [0.4, 0.5) is 11.5 Å². The third-order valence-corrected chi connectivity index (χ3v) is 5.37. The summed E-state index contributed by atoms with van der Waals surface area (Å²) in [7, 11) is 0. The van der Waals surface area contributed by atoms with Crippen molar-refractivity contribution in [2.45, 2.75) is 25.3 Å². The number of aromatic nitrogens is 1. The van der Waals surface area contributed by atoms with Crippen LogP contribution in [0, 0.1) is 5.92 Å². The van der Waals surface area contributed by atoms with Crippen molar-refractivity contribution in [3.8, 4) is 0 Å². The van der Waals surface area contributed by atoms with Gasteiger partial charge in [0, 0.05) is 45.0 Å². The Morgan fingerprint density at radius 1 is 1.35 bits per heavy atom. The number of aliphatic hydroxyl groups excluding tert-OH is 1. The van der Waals surface area contributed by atoms with Gasteiger partial charge in [-0.2, -0.15) is 0 Å². The Morgan fingerprint density at radius 2 is 2.19 bits per heavy atom. The zero-order valence-corrected chi connectivity index (χ0v) is 14.8. The first-order chi connectivity index (χ1) is 12.6. The van der Waals surface area contributed by atoms with Gasteiger partial charge in [-0.3, -0.25) is 14.5 Å². The monoisotopic (exact) mass is 359 g/mol. The number of hydrogen-bond acceptors (Lipinski definition) is 6. The first-order valence-corrected chi connectivity index (χ1v) is 9.32. The Hall–Kier alpha value is -2.19. The number of carbonyl (C=O) groups excluding carboxylic acids is 2. The van der Waals surface area contributed by atoms with Crippen molar-refractivity contribution in [1.29, 1.82) is 0 Å². The van der Waals surface area contributed by atoms with Gasteiger partial charge in [0.05, 0.1) is 17.8 Å². The number of hydrogen-bond donors (Lipinski definition) is 3. The van der Waals surface area contributed by atoms with E-state index in [0.717, 1.165) is 19.0 Å². The molecule has 2 fully saturated rings. The molecule has 0 bridgehead atoms. The molecular formula is C18H25N5O3. The van der Waals surface area contributed by atoms with E-state index >= 15 is 0 Å². The fourth-order valence-corrected chi connectivity index (χ4v) is 3.73. The van der Waals surface area contributed by atoms with E-state index in [-0.39, 0.29) is 31.0 Å². The topological polar surface area (TPSA) is 97.8 Å². The van der Waals surface area contributed by atoms with Crippen LogP contribution in [0.2, 0.25) is 0 Å². The molecule has 140 valence electrons. The minimum absolute atomic E-state index is 0.0749. The fraction of sp³-hybridized carbons (Fsp3) is 0.611. The molecule has 2 amide bonds. The maximum Gasteiger partial charge on any atom is 0.255 e. The zero-order chi connectivity index (χ0) is 18.1. The number of pyridine rings is 1. The lowest BCUT2D eigenvalue weighted by molar-refractivity contribution is -0.114. The second-order valence-electron chi connectivity index (χ2n) is 7.38. The van der Waals surface area contributed by atoms with Crippen LogP contribution >= 0.6 is 0 Å². The molecule has 1 saturated heterocycles. The quantitative estimate of drug-likeness (QED) is 0.702. The van der Waals surface area contributed by atoms with Gasteiger partial charge in [-0.25, -0.2) is 4.98 Å². The number of nitrogens with one attached hydrogen (secondary N) is 2. The van der Waals surface area contributed by atoms with Gasteiger partial charge in [0.2, 0.25) is 5.91 Å². The summed E-state index contributed by atoms with van der Waals surface area (Å²) in [4.78, 5) is 33.0. The normalized spacial score (nSPS) is 23.2. The molecule has 1 aromatic rings. The molecule has 4 rings (SSSR count). The van der Waals surface area contributed by atoms with Gasteiger partial charge in [-0.15, -0.1) is 0 Å². The average Bonchev–Trinajstić information content (AvgIpc) is 3.46. The van der Waals surface area contributed by atoms with Gasteiger partial charge < -0.3 is 20.6 Å². The lowest BCUT2D eigenvalue weighted by Gasteiger charge is -2.41. The van der Waals surface area contributed by atoms with Gasteiger partial charge >= 0.3 is 0 Å². The number of rotatable bonds is 5. The second-order valence-corrected chi connectivity index (χ2v) is 7.38. The highest BCUT2D eigenvalue weighted by Gasteiger charge is 2.33. The Morgan fingerprint density at radius 3 is 2.96 bits per heavy atom. The smallest absolute Gasteiger partial charge is 0.255 e. The second kappa shape index (κ2) is 7.20. The molecule has 8 heteroatoms. The number of anilines is 2. The minimum atomic E-state index is -0.138. The van der Waals surface area contributed by atoms with E-state index < -0.39 is 0 Å². The molecule has 2 aliphatic heterocycles. The third kappa shape index (κ3) is 3.66. The van der Waals surface area contributed by atoms with Crippen molar-refractivity contribution < 1.29 is 14.7 Å². The first-order valence-electron chi connectivity index (χ1n) is 9.32. The van der Waals surface area contributed by atoms with Crippen molar-refractivity contribution >= 4 is 23.3 Å². The highest BCUT2D eigenvalue weighted by atomic mass is 16.3. The van der Waals surface area contributed by atoms with Gasteiger partial charge in [-0.05, 0) is 31.2 Å². The first kappa shape index (κ1) is 17.2. The Balaban J connectivity index is 1.46. The largest absolute Gasteiger partial charge is 0.396 e. The lowest BCUT2D eigenvalue weighted by Crippen LogP contribution is -2.55. The van der Waals surface area contributed by atoms with Crippen molar-refractivity contribution in [2.75, 3.05) is 50.0 Å². The Bertz CT molecular complexity index is 706. The van der Waals surface area contributed by atoms with Crippen molar-refractivity contribution in [3.63, 3.8) is 0 Å². The maximum atomic E-state index is 12.9. The molecule has 26 heavy (non-hydrogen) atoms. The van der Waals surface area contributed by atoms with E-state index in [1.807, 2.05) is 4.90 Å². The Kier molecular flexibility index (Phi) is 4.78. The summed E-state index contributed by atoms with van der Waals surface area (Å²) in [6, 6.07) is 1.89. The molecule has 1 aliphatic carbocycles. The van der Waals surface area contributed by atoms with Crippen molar-refractivity contribution in [3.05, 3.63) is 17.8 Å². The summed E-state index contributed by atoms with van der Waals surface area (Å²) in [6.07, 6.45) is 4.83. The van der Waals surface area contributed by atoms with Gasteiger partial charge in [0.25, 0.3) is 5.91 Å².